The van der Waals surface area contributed by atoms with E-state index in [0.717, 1.165) is 12.8 Å². The van der Waals surface area contributed by atoms with E-state index in [2.05, 4.69) is 54.9 Å². The van der Waals surface area contributed by atoms with E-state index >= 15 is 0 Å². The number of rotatable bonds is 6. The van der Waals surface area contributed by atoms with Gasteiger partial charge in [-0.2, -0.15) is 0 Å². The molecular formula is C15H23Br. The molecule has 0 saturated carbocycles. The smallest absolute Gasteiger partial charge is 0.0398 e. The molecule has 1 aromatic carbocycles. The number of unbranched alkanes of at least 4 members (excludes halogenated alkanes) is 1. The number of aryl methyl sites for hydroxylation is 2. The van der Waals surface area contributed by atoms with Gasteiger partial charge in [0, 0.05) is 4.83 Å². The Hall–Kier alpha value is -0.300. The second-order valence-corrected chi connectivity index (χ2v) is 5.46. The highest BCUT2D eigenvalue weighted by molar-refractivity contribution is 9.09. The Kier molecular flexibility index (Phi) is 6.12. The van der Waals surface area contributed by atoms with Crippen LogP contribution in [-0.2, 0) is 12.8 Å². The van der Waals surface area contributed by atoms with Crippen molar-refractivity contribution in [3.05, 3.63) is 34.9 Å². The number of alkyl halides is 1. The van der Waals surface area contributed by atoms with Crippen LogP contribution in [0.1, 0.15) is 61.6 Å². The third kappa shape index (κ3) is 3.62. The summed E-state index contributed by atoms with van der Waals surface area (Å²) in [4.78, 5) is 0.536. The SMILES string of the molecule is CCCCC(Br)c1cc(CC)ccc1CC. The summed E-state index contributed by atoms with van der Waals surface area (Å²) in [5, 5.41) is 0. The Morgan fingerprint density at radius 1 is 1.12 bits per heavy atom. The molecule has 0 saturated heterocycles. The monoisotopic (exact) mass is 282 g/mol. The summed E-state index contributed by atoms with van der Waals surface area (Å²) < 4.78 is 0. The van der Waals surface area contributed by atoms with E-state index < -0.39 is 0 Å². The average Bonchev–Trinajstić information content (AvgIpc) is 2.35. The van der Waals surface area contributed by atoms with Crippen LogP contribution in [0, 0.1) is 0 Å². The van der Waals surface area contributed by atoms with E-state index in [9.17, 15) is 0 Å². The summed E-state index contributed by atoms with van der Waals surface area (Å²) in [6.45, 7) is 6.72. The molecule has 0 radical (unpaired) electrons. The van der Waals surface area contributed by atoms with Gasteiger partial charge in [-0.25, -0.2) is 0 Å². The van der Waals surface area contributed by atoms with Crippen LogP contribution in [0.5, 0.6) is 0 Å². The first-order chi connectivity index (χ1) is 7.72. The molecule has 0 aromatic heterocycles. The summed E-state index contributed by atoms with van der Waals surface area (Å²) in [7, 11) is 0. The lowest BCUT2D eigenvalue weighted by molar-refractivity contribution is 0.708. The van der Waals surface area contributed by atoms with E-state index in [1.54, 1.807) is 0 Å². The molecule has 0 heterocycles. The van der Waals surface area contributed by atoms with Crippen molar-refractivity contribution < 1.29 is 0 Å². The van der Waals surface area contributed by atoms with E-state index in [1.165, 1.54) is 36.0 Å². The van der Waals surface area contributed by atoms with Gasteiger partial charge in [-0.05, 0) is 36.0 Å². The quantitative estimate of drug-likeness (QED) is 0.610. The van der Waals surface area contributed by atoms with Gasteiger partial charge >= 0.3 is 0 Å². The highest BCUT2D eigenvalue weighted by atomic mass is 79.9. The fourth-order valence-electron chi connectivity index (χ4n) is 2.02. The van der Waals surface area contributed by atoms with Gasteiger partial charge < -0.3 is 0 Å². The maximum atomic E-state index is 3.84. The van der Waals surface area contributed by atoms with Gasteiger partial charge in [-0.15, -0.1) is 0 Å². The molecular weight excluding hydrogens is 260 g/mol. The Balaban J connectivity index is 2.89. The third-order valence-electron chi connectivity index (χ3n) is 3.15. The van der Waals surface area contributed by atoms with Crippen molar-refractivity contribution in [2.75, 3.05) is 0 Å². The molecule has 16 heavy (non-hydrogen) atoms. The van der Waals surface area contributed by atoms with Gasteiger partial charge in [0.15, 0.2) is 0 Å². The van der Waals surface area contributed by atoms with Gasteiger partial charge in [0.05, 0.1) is 0 Å². The third-order valence-corrected chi connectivity index (χ3v) is 4.10. The highest BCUT2D eigenvalue weighted by Gasteiger charge is 2.11. The number of halogens is 1. The van der Waals surface area contributed by atoms with E-state index in [0.29, 0.717) is 4.83 Å². The molecule has 0 amide bonds. The zero-order chi connectivity index (χ0) is 12.0. The standard InChI is InChI=1S/C15H23Br/c1-4-7-8-15(16)14-11-12(5-2)9-10-13(14)6-3/h9-11,15H,4-8H2,1-3H3. The van der Waals surface area contributed by atoms with Gasteiger partial charge in [-0.1, -0.05) is 67.7 Å². The van der Waals surface area contributed by atoms with Gasteiger partial charge in [-0.3, -0.25) is 0 Å². The van der Waals surface area contributed by atoms with E-state index in [-0.39, 0.29) is 0 Å². The second-order valence-electron chi connectivity index (χ2n) is 4.35. The molecule has 0 aliphatic rings. The van der Waals surface area contributed by atoms with Crippen molar-refractivity contribution in [3.63, 3.8) is 0 Å². The maximum Gasteiger partial charge on any atom is 0.0398 e. The average molecular weight is 283 g/mol. The molecule has 90 valence electrons. The van der Waals surface area contributed by atoms with E-state index in [1.807, 2.05) is 0 Å². The first kappa shape index (κ1) is 13.8. The minimum atomic E-state index is 0.536. The van der Waals surface area contributed by atoms with Crippen molar-refractivity contribution in [2.45, 2.75) is 57.7 Å². The van der Waals surface area contributed by atoms with Crippen LogP contribution < -0.4 is 0 Å². The van der Waals surface area contributed by atoms with Crippen molar-refractivity contribution in [3.8, 4) is 0 Å². The molecule has 1 atom stereocenters. The van der Waals surface area contributed by atoms with Crippen LogP contribution in [-0.4, -0.2) is 0 Å². The Morgan fingerprint density at radius 3 is 2.44 bits per heavy atom. The lowest BCUT2D eigenvalue weighted by atomic mass is 9.96. The van der Waals surface area contributed by atoms with Crippen LogP contribution in [0.25, 0.3) is 0 Å². The topological polar surface area (TPSA) is 0 Å². The molecule has 1 aromatic rings. The van der Waals surface area contributed by atoms with Gasteiger partial charge in [0.2, 0.25) is 0 Å². The molecule has 0 N–H and O–H groups in total. The zero-order valence-electron chi connectivity index (χ0n) is 10.7. The van der Waals surface area contributed by atoms with Crippen molar-refractivity contribution >= 4 is 15.9 Å². The molecule has 1 rings (SSSR count). The Bertz CT molecular complexity index is 317. The molecule has 0 spiro atoms. The maximum absolute atomic E-state index is 3.84. The molecule has 1 heteroatoms. The molecule has 0 aliphatic heterocycles. The summed E-state index contributed by atoms with van der Waals surface area (Å²) >= 11 is 3.84. The molecule has 0 bridgehead atoms. The van der Waals surface area contributed by atoms with Gasteiger partial charge in [0.25, 0.3) is 0 Å². The molecule has 0 fully saturated rings. The number of hydrogen-bond donors (Lipinski definition) is 0. The normalized spacial score (nSPS) is 12.8. The Labute approximate surface area is 109 Å². The number of benzene rings is 1. The first-order valence-corrected chi connectivity index (χ1v) is 7.40. The lowest BCUT2D eigenvalue weighted by Crippen LogP contribution is -1.98. The largest absolute Gasteiger partial charge is 0.0839 e. The fourth-order valence-corrected chi connectivity index (χ4v) is 2.77. The predicted molar refractivity (Wildman–Crippen MR) is 76.4 cm³/mol. The zero-order valence-corrected chi connectivity index (χ0v) is 12.3. The van der Waals surface area contributed by atoms with Crippen LogP contribution in [0.2, 0.25) is 0 Å². The van der Waals surface area contributed by atoms with Crippen molar-refractivity contribution in [1.29, 1.82) is 0 Å². The van der Waals surface area contributed by atoms with E-state index in [4.69, 9.17) is 0 Å². The second kappa shape index (κ2) is 7.11. The van der Waals surface area contributed by atoms with Crippen LogP contribution >= 0.6 is 15.9 Å². The molecule has 0 nitrogen and oxygen atoms in total. The minimum Gasteiger partial charge on any atom is -0.0839 e. The fraction of sp³-hybridized carbons (Fsp3) is 0.600. The first-order valence-electron chi connectivity index (χ1n) is 6.48. The Morgan fingerprint density at radius 2 is 1.88 bits per heavy atom. The number of hydrogen-bond acceptors (Lipinski definition) is 0. The molecule has 0 aliphatic carbocycles. The predicted octanol–water partition coefficient (Wildman–Crippen LogP) is 5.44. The summed E-state index contributed by atoms with van der Waals surface area (Å²) in [5.74, 6) is 0. The summed E-state index contributed by atoms with van der Waals surface area (Å²) in [6.07, 6.45) is 6.08. The van der Waals surface area contributed by atoms with Crippen molar-refractivity contribution in [1.82, 2.24) is 0 Å². The van der Waals surface area contributed by atoms with Crippen molar-refractivity contribution in [2.24, 2.45) is 0 Å². The molecule has 1 unspecified atom stereocenters. The minimum absolute atomic E-state index is 0.536. The lowest BCUT2D eigenvalue weighted by Gasteiger charge is -2.15. The highest BCUT2D eigenvalue weighted by Crippen LogP contribution is 2.32. The summed E-state index contributed by atoms with van der Waals surface area (Å²) in [6, 6.07) is 6.95. The van der Waals surface area contributed by atoms with Crippen LogP contribution in [0.4, 0.5) is 0 Å². The van der Waals surface area contributed by atoms with Gasteiger partial charge in [0.1, 0.15) is 0 Å². The van der Waals surface area contributed by atoms with Crippen LogP contribution in [0.15, 0.2) is 18.2 Å². The van der Waals surface area contributed by atoms with Crippen LogP contribution in [0.3, 0.4) is 0 Å². The summed E-state index contributed by atoms with van der Waals surface area (Å²) in [5.41, 5.74) is 4.46.